The standard InChI is InChI=1S/C15H14N2O/c18-15(10-17-8-7-16-11-17)14-6-5-12-3-1-2-4-13(12)9-14/h1-9,11,15,18H,10H2/t15-/m1/s1. The van der Waals surface area contributed by atoms with Gasteiger partial charge in [-0.15, -0.1) is 0 Å². The minimum atomic E-state index is -0.510. The van der Waals surface area contributed by atoms with Crippen LogP contribution < -0.4 is 0 Å². The monoisotopic (exact) mass is 238 g/mol. The first-order valence-corrected chi connectivity index (χ1v) is 5.95. The third-order valence-corrected chi connectivity index (χ3v) is 3.10. The Labute approximate surface area is 105 Å². The predicted octanol–water partition coefficient (Wildman–Crippen LogP) is 2.77. The zero-order valence-corrected chi connectivity index (χ0v) is 9.90. The van der Waals surface area contributed by atoms with Crippen molar-refractivity contribution in [3.8, 4) is 0 Å². The van der Waals surface area contributed by atoms with Crippen LogP contribution in [0.5, 0.6) is 0 Å². The fourth-order valence-corrected chi connectivity index (χ4v) is 2.11. The molecule has 3 aromatic rings. The van der Waals surface area contributed by atoms with Crippen molar-refractivity contribution >= 4 is 10.8 Å². The molecule has 1 heterocycles. The molecule has 0 spiro atoms. The molecule has 0 aliphatic heterocycles. The summed E-state index contributed by atoms with van der Waals surface area (Å²) in [5, 5.41) is 12.5. The lowest BCUT2D eigenvalue weighted by Crippen LogP contribution is -2.06. The van der Waals surface area contributed by atoms with Gasteiger partial charge in [0.2, 0.25) is 0 Å². The maximum Gasteiger partial charge on any atom is 0.0969 e. The van der Waals surface area contributed by atoms with E-state index in [0.717, 1.165) is 10.9 Å². The molecular formula is C15H14N2O. The number of imidazole rings is 1. The maximum atomic E-state index is 10.2. The summed E-state index contributed by atoms with van der Waals surface area (Å²) in [7, 11) is 0. The molecule has 0 saturated heterocycles. The van der Waals surface area contributed by atoms with Gasteiger partial charge in [0.1, 0.15) is 0 Å². The number of benzene rings is 2. The first-order chi connectivity index (χ1) is 8.83. The van der Waals surface area contributed by atoms with Gasteiger partial charge >= 0.3 is 0 Å². The van der Waals surface area contributed by atoms with Gasteiger partial charge in [-0.1, -0.05) is 36.4 Å². The Morgan fingerprint density at radius 1 is 1.11 bits per heavy atom. The number of nitrogens with zero attached hydrogens (tertiary/aromatic N) is 2. The van der Waals surface area contributed by atoms with Crippen LogP contribution in [-0.4, -0.2) is 14.7 Å². The van der Waals surface area contributed by atoms with Crippen LogP contribution in [0.25, 0.3) is 10.8 Å². The van der Waals surface area contributed by atoms with Gasteiger partial charge in [0.25, 0.3) is 0 Å². The third kappa shape index (κ3) is 2.13. The largest absolute Gasteiger partial charge is 0.387 e. The van der Waals surface area contributed by atoms with Gasteiger partial charge in [-0.25, -0.2) is 4.98 Å². The quantitative estimate of drug-likeness (QED) is 0.762. The van der Waals surface area contributed by atoms with Crippen molar-refractivity contribution in [3.05, 3.63) is 66.7 Å². The molecule has 2 aromatic carbocycles. The Hall–Kier alpha value is -2.13. The molecule has 0 bridgehead atoms. The lowest BCUT2D eigenvalue weighted by molar-refractivity contribution is 0.156. The average molecular weight is 238 g/mol. The molecule has 3 heteroatoms. The number of rotatable bonds is 3. The topological polar surface area (TPSA) is 38.0 Å². The van der Waals surface area contributed by atoms with Crippen molar-refractivity contribution in [2.75, 3.05) is 0 Å². The molecule has 0 radical (unpaired) electrons. The summed E-state index contributed by atoms with van der Waals surface area (Å²) in [6, 6.07) is 14.2. The van der Waals surface area contributed by atoms with Gasteiger partial charge in [0.05, 0.1) is 19.0 Å². The predicted molar refractivity (Wildman–Crippen MR) is 71.1 cm³/mol. The Morgan fingerprint density at radius 3 is 2.72 bits per heavy atom. The number of aliphatic hydroxyl groups is 1. The Balaban J connectivity index is 1.89. The molecule has 3 nitrogen and oxygen atoms in total. The highest BCUT2D eigenvalue weighted by molar-refractivity contribution is 5.83. The lowest BCUT2D eigenvalue weighted by Gasteiger charge is -2.12. The van der Waals surface area contributed by atoms with Crippen molar-refractivity contribution in [3.63, 3.8) is 0 Å². The Kier molecular flexibility index (Phi) is 2.82. The molecule has 0 saturated carbocycles. The van der Waals surface area contributed by atoms with E-state index in [2.05, 4.69) is 17.1 Å². The normalized spacial score (nSPS) is 12.7. The van der Waals surface area contributed by atoms with Crippen molar-refractivity contribution in [2.24, 2.45) is 0 Å². The second kappa shape index (κ2) is 4.63. The number of aromatic nitrogens is 2. The summed E-state index contributed by atoms with van der Waals surface area (Å²) in [6.07, 6.45) is 4.77. The van der Waals surface area contributed by atoms with Crippen LogP contribution >= 0.6 is 0 Å². The molecule has 0 aliphatic carbocycles. The summed E-state index contributed by atoms with van der Waals surface area (Å²) >= 11 is 0. The molecule has 90 valence electrons. The van der Waals surface area contributed by atoms with Crippen LogP contribution in [0.15, 0.2) is 61.2 Å². The van der Waals surface area contributed by atoms with E-state index in [9.17, 15) is 5.11 Å². The maximum absolute atomic E-state index is 10.2. The van der Waals surface area contributed by atoms with E-state index >= 15 is 0 Å². The molecule has 0 aliphatic rings. The van der Waals surface area contributed by atoms with E-state index < -0.39 is 6.10 Å². The minimum Gasteiger partial charge on any atom is -0.387 e. The molecule has 18 heavy (non-hydrogen) atoms. The van der Waals surface area contributed by atoms with Gasteiger partial charge in [0, 0.05) is 12.4 Å². The summed E-state index contributed by atoms with van der Waals surface area (Å²) in [5.41, 5.74) is 0.933. The number of hydrogen-bond donors (Lipinski definition) is 1. The molecule has 0 fully saturated rings. The third-order valence-electron chi connectivity index (χ3n) is 3.10. The summed E-state index contributed by atoms with van der Waals surface area (Å²) in [4.78, 5) is 3.97. The van der Waals surface area contributed by atoms with Gasteiger partial charge < -0.3 is 9.67 Å². The second-order valence-electron chi connectivity index (χ2n) is 4.38. The zero-order chi connectivity index (χ0) is 12.4. The molecule has 3 rings (SSSR count). The summed E-state index contributed by atoms with van der Waals surface area (Å²) < 4.78 is 1.87. The lowest BCUT2D eigenvalue weighted by atomic mass is 10.0. The molecule has 0 amide bonds. The van der Waals surface area contributed by atoms with E-state index in [0.29, 0.717) is 6.54 Å². The van der Waals surface area contributed by atoms with Crippen LogP contribution in [0.2, 0.25) is 0 Å². The highest BCUT2D eigenvalue weighted by atomic mass is 16.3. The summed E-state index contributed by atoms with van der Waals surface area (Å²) in [6.45, 7) is 0.526. The second-order valence-corrected chi connectivity index (χ2v) is 4.38. The number of hydrogen-bond acceptors (Lipinski definition) is 2. The van der Waals surface area contributed by atoms with Gasteiger partial charge in [-0.3, -0.25) is 0 Å². The van der Waals surface area contributed by atoms with Crippen molar-refractivity contribution in [1.29, 1.82) is 0 Å². The van der Waals surface area contributed by atoms with Crippen LogP contribution in [0, 0.1) is 0 Å². The van der Waals surface area contributed by atoms with Crippen molar-refractivity contribution < 1.29 is 5.11 Å². The van der Waals surface area contributed by atoms with E-state index in [-0.39, 0.29) is 0 Å². The highest BCUT2D eigenvalue weighted by Crippen LogP contribution is 2.21. The van der Waals surface area contributed by atoms with E-state index in [1.807, 2.05) is 41.1 Å². The average Bonchev–Trinajstić information content (AvgIpc) is 2.91. The molecule has 1 atom stereocenters. The minimum absolute atomic E-state index is 0.510. The fourth-order valence-electron chi connectivity index (χ4n) is 2.11. The number of fused-ring (bicyclic) bond motifs is 1. The van der Waals surface area contributed by atoms with Crippen LogP contribution in [0.1, 0.15) is 11.7 Å². The fraction of sp³-hybridized carbons (Fsp3) is 0.133. The number of aliphatic hydroxyl groups excluding tert-OH is 1. The van der Waals surface area contributed by atoms with Crippen molar-refractivity contribution in [1.82, 2.24) is 9.55 Å². The van der Waals surface area contributed by atoms with E-state index in [1.54, 1.807) is 12.5 Å². The van der Waals surface area contributed by atoms with Crippen LogP contribution in [0.4, 0.5) is 0 Å². The molecule has 0 unspecified atom stereocenters. The first kappa shape index (κ1) is 11.0. The van der Waals surface area contributed by atoms with Crippen molar-refractivity contribution in [2.45, 2.75) is 12.6 Å². The SMILES string of the molecule is O[C@H](Cn1ccnc1)c1ccc2ccccc2c1. The van der Waals surface area contributed by atoms with Gasteiger partial charge in [0.15, 0.2) is 0 Å². The molecule has 1 N–H and O–H groups in total. The Morgan fingerprint density at radius 2 is 1.94 bits per heavy atom. The smallest absolute Gasteiger partial charge is 0.0969 e. The highest BCUT2D eigenvalue weighted by Gasteiger charge is 2.08. The zero-order valence-electron chi connectivity index (χ0n) is 9.90. The Bertz CT molecular complexity index is 646. The van der Waals surface area contributed by atoms with Crippen LogP contribution in [-0.2, 0) is 6.54 Å². The molecular weight excluding hydrogens is 224 g/mol. The molecule has 1 aromatic heterocycles. The van der Waals surface area contributed by atoms with Gasteiger partial charge in [-0.05, 0) is 22.4 Å². The van der Waals surface area contributed by atoms with E-state index in [4.69, 9.17) is 0 Å². The van der Waals surface area contributed by atoms with Gasteiger partial charge in [-0.2, -0.15) is 0 Å². The van der Waals surface area contributed by atoms with E-state index in [1.165, 1.54) is 5.39 Å². The van der Waals surface area contributed by atoms with Crippen LogP contribution in [0.3, 0.4) is 0 Å². The first-order valence-electron chi connectivity index (χ1n) is 5.95. The summed E-state index contributed by atoms with van der Waals surface area (Å²) in [5.74, 6) is 0.